The predicted molar refractivity (Wildman–Crippen MR) is 134 cm³/mol. The van der Waals surface area contributed by atoms with Gasteiger partial charge in [0.25, 0.3) is 0 Å². The third-order valence-corrected chi connectivity index (χ3v) is 13.0. The van der Waals surface area contributed by atoms with Gasteiger partial charge in [0.15, 0.2) is 0 Å². The normalized spacial score (nSPS) is 53.4. The fraction of sp³-hybridized carbons (Fsp3) is 0.900. The molecule has 0 aromatic rings. The van der Waals surface area contributed by atoms with Crippen LogP contribution in [0.1, 0.15) is 106 Å². The molecule has 4 heteroatoms. The van der Waals surface area contributed by atoms with E-state index in [1.165, 1.54) is 5.57 Å². The summed E-state index contributed by atoms with van der Waals surface area (Å²) < 4.78 is 0. The second-order valence-electron chi connectivity index (χ2n) is 15.2. The molecule has 0 radical (unpaired) electrons. The Morgan fingerprint density at radius 3 is 2.18 bits per heavy atom. The molecule has 0 aromatic heterocycles. The number of aliphatic carboxylic acids is 1. The number of carbonyl (C=O) groups is 1. The van der Waals surface area contributed by atoms with E-state index >= 15 is 0 Å². The van der Waals surface area contributed by atoms with Crippen LogP contribution >= 0.6 is 0 Å². The van der Waals surface area contributed by atoms with E-state index in [0.29, 0.717) is 18.3 Å². The molecule has 0 aromatic carbocycles. The van der Waals surface area contributed by atoms with Crippen LogP contribution in [0, 0.1) is 50.2 Å². The summed E-state index contributed by atoms with van der Waals surface area (Å²) >= 11 is 0. The molecule has 4 nitrogen and oxygen atoms in total. The molecular formula is C30H48O4. The molecule has 192 valence electrons. The third-order valence-electron chi connectivity index (χ3n) is 13.0. The first-order chi connectivity index (χ1) is 15.6. The van der Waals surface area contributed by atoms with Crippen LogP contribution in [0.3, 0.4) is 0 Å². The average molecular weight is 473 g/mol. The van der Waals surface area contributed by atoms with Crippen molar-refractivity contribution < 1.29 is 20.1 Å². The van der Waals surface area contributed by atoms with Crippen LogP contribution in [0.25, 0.3) is 0 Å². The van der Waals surface area contributed by atoms with E-state index in [2.05, 4.69) is 54.5 Å². The van der Waals surface area contributed by atoms with Gasteiger partial charge in [-0.05, 0) is 103 Å². The summed E-state index contributed by atoms with van der Waals surface area (Å²) in [4.78, 5) is 12.8. The van der Waals surface area contributed by atoms with Gasteiger partial charge in [-0.25, -0.2) is 0 Å². The number of allylic oxidation sites excluding steroid dienone is 2. The first kappa shape index (κ1) is 24.8. The third kappa shape index (κ3) is 2.88. The van der Waals surface area contributed by atoms with Crippen molar-refractivity contribution in [2.75, 3.05) is 0 Å². The molecule has 5 aliphatic rings. The Kier molecular flexibility index (Phi) is 5.20. The fourth-order valence-corrected chi connectivity index (χ4v) is 10.8. The van der Waals surface area contributed by atoms with E-state index in [9.17, 15) is 20.1 Å². The fourth-order valence-electron chi connectivity index (χ4n) is 10.8. The Balaban J connectivity index is 1.61. The highest BCUT2D eigenvalue weighted by Gasteiger charge is 2.70. The molecule has 0 bridgehead atoms. The summed E-state index contributed by atoms with van der Waals surface area (Å²) in [7, 11) is 0. The molecule has 0 heterocycles. The predicted octanol–water partition coefficient (Wildman–Crippen LogP) is 6.20. The van der Waals surface area contributed by atoms with Crippen molar-refractivity contribution in [3.05, 3.63) is 11.6 Å². The highest BCUT2D eigenvalue weighted by Crippen LogP contribution is 2.75. The van der Waals surface area contributed by atoms with Gasteiger partial charge in [-0.1, -0.05) is 60.1 Å². The minimum atomic E-state index is -0.679. The van der Waals surface area contributed by atoms with Crippen LogP contribution in [-0.2, 0) is 4.79 Å². The lowest BCUT2D eigenvalue weighted by molar-refractivity contribution is -0.231. The number of hydrogen-bond donors (Lipinski definition) is 3. The number of carboxylic acids is 1. The first-order valence-electron chi connectivity index (χ1n) is 13.9. The maximum Gasteiger partial charge on any atom is 0.310 e. The lowest BCUT2D eigenvalue weighted by Crippen LogP contribution is -2.67. The zero-order valence-corrected chi connectivity index (χ0v) is 22.6. The SMILES string of the molecule is CC1(C)CC[C@]2(C(=O)O)CC[C@@]3(C)C(=CC[C@@H]4[C@]5(C)C[C@@H](O)[C@H](O)C(C)(C)[C@H]5CC[C@]43C)[C@H]2C1. The van der Waals surface area contributed by atoms with Gasteiger partial charge < -0.3 is 15.3 Å². The Bertz CT molecular complexity index is 919. The number of aliphatic hydroxyl groups is 2. The number of fused-ring (bicyclic) bond motifs is 7. The van der Waals surface area contributed by atoms with Gasteiger partial charge in [0.2, 0.25) is 0 Å². The lowest BCUT2D eigenvalue weighted by atomic mass is 9.33. The highest BCUT2D eigenvalue weighted by atomic mass is 16.4. The maximum absolute atomic E-state index is 12.8. The molecule has 0 saturated heterocycles. The summed E-state index contributed by atoms with van der Waals surface area (Å²) in [6.45, 7) is 16.3. The van der Waals surface area contributed by atoms with Crippen LogP contribution < -0.4 is 0 Å². The van der Waals surface area contributed by atoms with Gasteiger partial charge in [0.05, 0.1) is 17.6 Å². The van der Waals surface area contributed by atoms with Crippen LogP contribution in [0.5, 0.6) is 0 Å². The molecule has 0 unspecified atom stereocenters. The minimum Gasteiger partial charge on any atom is -0.481 e. The Labute approximate surface area is 206 Å². The van der Waals surface area contributed by atoms with E-state index in [0.717, 1.165) is 51.4 Å². The van der Waals surface area contributed by atoms with Crippen LogP contribution in [0.15, 0.2) is 11.6 Å². The largest absolute Gasteiger partial charge is 0.481 e. The van der Waals surface area contributed by atoms with Crippen molar-refractivity contribution in [2.45, 2.75) is 118 Å². The van der Waals surface area contributed by atoms with Gasteiger partial charge in [-0.3, -0.25) is 4.79 Å². The van der Waals surface area contributed by atoms with Crippen molar-refractivity contribution in [3.63, 3.8) is 0 Å². The molecule has 5 rings (SSSR count). The van der Waals surface area contributed by atoms with E-state index in [-0.39, 0.29) is 33.0 Å². The smallest absolute Gasteiger partial charge is 0.310 e. The molecule has 3 N–H and O–H groups in total. The second-order valence-corrected chi connectivity index (χ2v) is 15.2. The monoisotopic (exact) mass is 472 g/mol. The molecule has 9 atom stereocenters. The number of carboxylic acid groups (broad SMARTS) is 1. The van der Waals surface area contributed by atoms with Crippen molar-refractivity contribution in [1.82, 2.24) is 0 Å². The van der Waals surface area contributed by atoms with Crippen LogP contribution in [0.2, 0.25) is 0 Å². The molecule has 0 amide bonds. The summed E-state index contributed by atoms with van der Waals surface area (Å²) in [5.41, 5.74) is 0.754. The van der Waals surface area contributed by atoms with E-state index in [1.54, 1.807) is 0 Å². The zero-order valence-electron chi connectivity index (χ0n) is 22.6. The van der Waals surface area contributed by atoms with Crippen molar-refractivity contribution in [2.24, 2.45) is 50.2 Å². The molecule has 34 heavy (non-hydrogen) atoms. The van der Waals surface area contributed by atoms with E-state index < -0.39 is 23.6 Å². The Hall–Kier alpha value is -0.870. The molecule has 4 saturated carbocycles. The van der Waals surface area contributed by atoms with Gasteiger partial charge in [-0.2, -0.15) is 0 Å². The topological polar surface area (TPSA) is 77.8 Å². The van der Waals surface area contributed by atoms with Gasteiger partial charge in [-0.15, -0.1) is 0 Å². The quantitative estimate of drug-likeness (QED) is 0.397. The van der Waals surface area contributed by atoms with Crippen molar-refractivity contribution in [1.29, 1.82) is 0 Å². The molecular weight excluding hydrogens is 424 g/mol. The molecule has 5 aliphatic carbocycles. The highest BCUT2D eigenvalue weighted by molar-refractivity contribution is 5.76. The standard InChI is InChI=1S/C30H48O4/c1-25(2)12-14-30(24(33)34)15-13-28(6)18(19(30)16-25)8-9-22-27(5)17-20(31)23(32)26(3,4)21(27)10-11-29(22,28)7/h8,19-23,31-32H,9-17H2,1-7H3,(H,33,34)/t19-,20-,21-,22-,23+,27-,28+,29-,30+/m1/s1. The Morgan fingerprint density at radius 1 is 0.882 bits per heavy atom. The van der Waals surface area contributed by atoms with Gasteiger partial charge >= 0.3 is 5.97 Å². The minimum absolute atomic E-state index is 0.00785. The van der Waals surface area contributed by atoms with Crippen LogP contribution in [-0.4, -0.2) is 33.5 Å². The summed E-state index contributed by atoms with van der Waals surface area (Å²) in [5, 5.41) is 32.4. The van der Waals surface area contributed by atoms with Crippen LogP contribution in [0.4, 0.5) is 0 Å². The van der Waals surface area contributed by atoms with Crippen molar-refractivity contribution >= 4 is 5.97 Å². The second kappa shape index (κ2) is 7.12. The molecule has 0 spiro atoms. The maximum atomic E-state index is 12.8. The summed E-state index contributed by atoms with van der Waals surface area (Å²) in [6.07, 6.45) is 9.45. The summed E-state index contributed by atoms with van der Waals surface area (Å²) in [6, 6.07) is 0. The number of aliphatic hydroxyl groups excluding tert-OH is 2. The molecule has 4 fully saturated rings. The summed E-state index contributed by atoms with van der Waals surface area (Å²) in [5.74, 6) is 0.365. The van der Waals surface area contributed by atoms with E-state index in [4.69, 9.17) is 0 Å². The Morgan fingerprint density at radius 2 is 1.53 bits per heavy atom. The number of rotatable bonds is 1. The van der Waals surface area contributed by atoms with E-state index in [1.807, 2.05) is 0 Å². The average Bonchev–Trinajstić information content (AvgIpc) is 2.72. The van der Waals surface area contributed by atoms with Gasteiger partial charge in [0.1, 0.15) is 0 Å². The first-order valence-corrected chi connectivity index (χ1v) is 13.9. The lowest BCUT2D eigenvalue weighted by Gasteiger charge is -2.71. The number of hydrogen-bond acceptors (Lipinski definition) is 3. The van der Waals surface area contributed by atoms with Crippen molar-refractivity contribution in [3.8, 4) is 0 Å². The van der Waals surface area contributed by atoms with Gasteiger partial charge in [0, 0.05) is 0 Å². The molecule has 0 aliphatic heterocycles. The zero-order chi connectivity index (χ0) is 25.1.